The Labute approximate surface area is 123 Å². The fourth-order valence-electron chi connectivity index (χ4n) is 1.81. The van der Waals surface area contributed by atoms with Crippen molar-refractivity contribution in [2.45, 2.75) is 39.5 Å². The van der Waals surface area contributed by atoms with E-state index in [2.05, 4.69) is 27.0 Å². The van der Waals surface area contributed by atoms with Crippen molar-refractivity contribution in [1.29, 1.82) is 0 Å². The lowest BCUT2D eigenvalue weighted by atomic mass is 10.1. The summed E-state index contributed by atoms with van der Waals surface area (Å²) in [6.45, 7) is 13.5. The summed E-state index contributed by atoms with van der Waals surface area (Å²) in [5.41, 5.74) is 1.94. The third-order valence-electron chi connectivity index (χ3n) is 3.09. The van der Waals surface area contributed by atoms with Gasteiger partial charge in [-0.3, -0.25) is 0 Å². The zero-order chi connectivity index (χ0) is 14.8. The van der Waals surface area contributed by atoms with Crippen LogP contribution in [0.5, 0.6) is 11.5 Å². The predicted octanol–water partition coefficient (Wildman–Crippen LogP) is 5.33. The van der Waals surface area contributed by atoms with Crippen LogP contribution in [0.2, 0.25) is 0 Å². The fourth-order valence-corrected chi connectivity index (χ4v) is 1.81. The Morgan fingerprint density at radius 2 is 1.25 bits per heavy atom. The molecular weight excluding hydrogens is 248 g/mol. The number of rotatable bonds is 10. The quantitative estimate of drug-likeness (QED) is 0.537. The summed E-state index contributed by atoms with van der Waals surface area (Å²) in [7, 11) is 0. The first-order valence-corrected chi connectivity index (χ1v) is 7.45. The summed E-state index contributed by atoms with van der Waals surface area (Å²) in [6.07, 6.45) is 7.96. The number of benzene rings is 1. The maximum absolute atomic E-state index is 5.82. The van der Waals surface area contributed by atoms with Gasteiger partial charge in [0.25, 0.3) is 0 Å². The Bertz CT molecular complexity index is 394. The molecule has 0 aliphatic rings. The average Bonchev–Trinajstić information content (AvgIpc) is 2.48. The zero-order valence-electron chi connectivity index (χ0n) is 12.8. The molecule has 0 saturated heterocycles. The van der Waals surface area contributed by atoms with E-state index in [4.69, 9.17) is 9.47 Å². The molecule has 0 aromatic heterocycles. The minimum atomic E-state index is 0.726. The second-order valence-corrected chi connectivity index (χ2v) is 4.74. The van der Waals surface area contributed by atoms with Gasteiger partial charge in [-0.1, -0.05) is 52.0 Å². The van der Waals surface area contributed by atoms with Gasteiger partial charge >= 0.3 is 0 Å². The first kappa shape index (κ1) is 16.4. The molecule has 2 nitrogen and oxygen atoms in total. The molecule has 1 rings (SSSR count). The second-order valence-electron chi connectivity index (χ2n) is 4.74. The van der Waals surface area contributed by atoms with Gasteiger partial charge in [0.15, 0.2) is 0 Å². The maximum atomic E-state index is 5.82. The van der Waals surface area contributed by atoms with Gasteiger partial charge in [-0.25, -0.2) is 0 Å². The Morgan fingerprint density at radius 1 is 0.850 bits per heavy atom. The van der Waals surface area contributed by atoms with E-state index in [1.165, 1.54) is 0 Å². The van der Waals surface area contributed by atoms with Crippen LogP contribution in [0.1, 0.15) is 50.7 Å². The lowest BCUT2D eigenvalue weighted by Gasteiger charge is -2.14. The van der Waals surface area contributed by atoms with E-state index in [1.54, 1.807) is 12.2 Å². The summed E-state index contributed by atoms with van der Waals surface area (Å²) < 4.78 is 11.6. The molecule has 0 radical (unpaired) electrons. The number of unbranched alkanes of at least 4 members (excludes halogenated alkanes) is 2. The topological polar surface area (TPSA) is 18.5 Å². The molecule has 1 aromatic rings. The second kappa shape index (κ2) is 9.24. The monoisotopic (exact) mass is 274 g/mol. The summed E-state index contributed by atoms with van der Waals surface area (Å²) >= 11 is 0. The minimum absolute atomic E-state index is 0.726. The Hall–Kier alpha value is -1.70. The third kappa shape index (κ3) is 4.76. The highest BCUT2D eigenvalue weighted by molar-refractivity contribution is 5.66. The van der Waals surface area contributed by atoms with Crippen molar-refractivity contribution in [2.75, 3.05) is 13.2 Å². The van der Waals surface area contributed by atoms with Crippen LogP contribution in [-0.2, 0) is 0 Å². The molecule has 0 amide bonds. The zero-order valence-corrected chi connectivity index (χ0v) is 12.8. The molecule has 0 saturated carbocycles. The lowest BCUT2D eigenvalue weighted by Crippen LogP contribution is -2.02. The molecule has 0 unspecified atom stereocenters. The standard InChI is InChI=1S/C18H26O2/c1-5-9-11-19-17-13-16(8-4)18(14-15(17)7-3)20-12-10-6-2/h7-8,13-14H,3-6,9-12H2,1-2H3. The van der Waals surface area contributed by atoms with E-state index < -0.39 is 0 Å². The minimum Gasteiger partial charge on any atom is -0.493 e. The fraction of sp³-hybridized carbons (Fsp3) is 0.444. The van der Waals surface area contributed by atoms with Crippen molar-refractivity contribution < 1.29 is 9.47 Å². The first-order valence-electron chi connectivity index (χ1n) is 7.45. The molecule has 0 aliphatic heterocycles. The van der Waals surface area contributed by atoms with E-state index in [0.717, 1.165) is 61.5 Å². The highest BCUT2D eigenvalue weighted by Gasteiger charge is 2.08. The molecule has 0 heterocycles. The van der Waals surface area contributed by atoms with E-state index in [9.17, 15) is 0 Å². The molecule has 0 aliphatic carbocycles. The van der Waals surface area contributed by atoms with Crippen molar-refractivity contribution in [3.8, 4) is 11.5 Å². The summed E-state index contributed by atoms with van der Waals surface area (Å²) in [5.74, 6) is 1.71. The van der Waals surface area contributed by atoms with Gasteiger partial charge in [0.05, 0.1) is 13.2 Å². The maximum Gasteiger partial charge on any atom is 0.127 e. The molecule has 0 atom stereocenters. The van der Waals surface area contributed by atoms with E-state index in [1.807, 2.05) is 12.1 Å². The van der Waals surface area contributed by atoms with E-state index >= 15 is 0 Å². The lowest BCUT2D eigenvalue weighted by molar-refractivity contribution is 0.300. The van der Waals surface area contributed by atoms with Crippen LogP contribution in [-0.4, -0.2) is 13.2 Å². The average molecular weight is 274 g/mol. The van der Waals surface area contributed by atoms with Gasteiger partial charge in [-0.15, -0.1) is 0 Å². The molecule has 0 N–H and O–H groups in total. The van der Waals surface area contributed by atoms with Gasteiger partial charge in [0.2, 0.25) is 0 Å². The highest BCUT2D eigenvalue weighted by Crippen LogP contribution is 2.31. The van der Waals surface area contributed by atoms with Crippen LogP contribution in [0.15, 0.2) is 25.3 Å². The van der Waals surface area contributed by atoms with Crippen LogP contribution in [0.25, 0.3) is 12.2 Å². The van der Waals surface area contributed by atoms with Gasteiger partial charge < -0.3 is 9.47 Å². The number of hydrogen-bond acceptors (Lipinski definition) is 2. The molecule has 1 aromatic carbocycles. The normalized spacial score (nSPS) is 10.1. The molecule has 110 valence electrons. The largest absolute Gasteiger partial charge is 0.493 e. The number of hydrogen-bond donors (Lipinski definition) is 0. The highest BCUT2D eigenvalue weighted by atomic mass is 16.5. The van der Waals surface area contributed by atoms with Crippen LogP contribution in [0, 0.1) is 0 Å². The molecule has 2 heteroatoms. The first-order chi connectivity index (χ1) is 9.76. The predicted molar refractivity (Wildman–Crippen MR) is 87.4 cm³/mol. The van der Waals surface area contributed by atoms with Gasteiger partial charge in [0, 0.05) is 11.1 Å². The Morgan fingerprint density at radius 3 is 1.55 bits per heavy atom. The SMILES string of the molecule is C=Cc1cc(OCCCC)c(C=C)cc1OCCCC. The number of ether oxygens (including phenoxy) is 2. The van der Waals surface area contributed by atoms with Crippen LogP contribution in [0.4, 0.5) is 0 Å². The summed E-state index contributed by atoms with van der Waals surface area (Å²) in [5, 5.41) is 0. The van der Waals surface area contributed by atoms with Crippen molar-refractivity contribution in [3.05, 3.63) is 36.4 Å². The van der Waals surface area contributed by atoms with E-state index in [0.29, 0.717) is 0 Å². The Balaban J connectivity index is 2.91. The van der Waals surface area contributed by atoms with E-state index in [-0.39, 0.29) is 0 Å². The van der Waals surface area contributed by atoms with Crippen LogP contribution >= 0.6 is 0 Å². The van der Waals surface area contributed by atoms with Gasteiger partial charge in [-0.05, 0) is 25.0 Å². The van der Waals surface area contributed by atoms with Gasteiger partial charge in [-0.2, -0.15) is 0 Å². The van der Waals surface area contributed by atoms with Crippen molar-refractivity contribution in [2.24, 2.45) is 0 Å². The van der Waals surface area contributed by atoms with Crippen molar-refractivity contribution >= 4 is 12.2 Å². The van der Waals surface area contributed by atoms with Crippen molar-refractivity contribution in [1.82, 2.24) is 0 Å². The summed E-state index contributed by atoms with van der Waals surface area (Å²) in [6, 6.07) is 3.97. The molecular formula is C18H26O2. The molecule has 0 bridgehead atoms. The summed E-state index contributed by atoms with van der Waals surface area (Å²) in [4.78, 5) is 0. The van der Waals surface area contributed by atoms with Crippen LogP contribution < -0.4 is 9.47 Å². The molecule has 0 spiro atoms. The van der Waals surface area contributed by atoms with Crippen LogP contribution in [0.3, 0.4) is 0 Å². The smallest absolute Gasteiger partial charge is 0.127 e. The van der Waals surface area contributed by atoms with Crippen molar-refractivity contribution in [3.63, 3.8) is 0 Å². The molecule has 20 heavy (non-hydrogen) atoms. The van der Waals surface area contributed by atoms with Gasteiger partial charge in [0.1, 0.15) is 11.5 Å². The third-order valence-corrected chi connectivity index (χ3v) is 3.09. The Kier molecular flexibility index (Phi) is 7.56. The molecule has 0 fully saturated rings.